The number of anilines is 1. The quantitative estimate of drug-likeness (QED) is 0.766. The Morgan fingerprint density at radius 3 is 2.56 bits per heavy atom. The average Bonchev–Trinajstić information content (AvgIpc) is 2.70. The van der Waals surface area contributed by atoms with Gasteiger partial charge in [0.05, 0.1) is 11.4 Å². The predicted octanol–water partition coefficient (Wildman–Crippen LogP) is 1.69. The van der Waals surface area contributed by atoms with E-state index in [-0.39, 0.29) is 5.41 Å². The number of nitrogens with one attached hydrogen (secondary N) is 1. The Balaban J connectivity index is 2.57. The van der Waals surface area contributed by atoms with Crippen molar-refractivity contribution in [3.63, 3.8) is 0 Å². The molecule has 0 spiro atoms. The van der Waals surface area contributed by atoms with Crippen LogP contribution in [0.4, 0.5) is 5.82 Å². The molecule has 0 amide bonds. The van der Waals surface area contributed by atoms with Crippen LogP contribution in [0, 0.1) is 0 Å². The summed E-state index contributed by atoms with van der Waals surface area (Å²) < 4.78 is 1.81. The SMILES string of the molecule is Cn1cc(-c2cc(N)n[nH]2)c(C(C)(C)C)n1. The zero-order valence-corrected chi connectivity index (χ0v) is 10.1. The van der Waals surface area contributed by atoms with Crippen molar-refractivity contribution in [1.82, 2.24) is 20.0 Å². The zero-order valence-electron chi connectivity index (χ0n) is 10.1. The van der Waals surface area contributed by atoms with Gasteiger partial charge >= 0.3 is 0 Å². The summed E-state index contributed by atoms with van der Waals surface area (Å²) in [6.07, 6.45) is 1.98. The second kappa shape index (κ2) is 3.37. The van der Waals surface area contributed by atoms with Crippen LogP contribution in [0.5, 0.6) is 0 Å². The van der Waals surface area contributed by atoms with E-state index in [2.05, 4.69) is 36.1 Å². The molecule has 0 aromatic carbocycles. The molecule has 5 heteroatoms. The normalized spacial score (nSPS) is 12.0. The molecule has 86 valence electrons. The van der Waals surface area contributed by atoms with Crippen LogP contribution in [0.1, 0.15) is 26.5 Å². The van der Waals surface area contributed by atoms with Crippen LogP contribution in [0.25, 0.3) is 11.3 Å². The highest BCUT2D eigenvalue weighted by molar-refractivity contribution is 5.65. The Hall–Kier alpha value is -1.78. The Morgan fingerprint density at radius 1 is 1.38 bits per heavy atom. The topological polar surface area (TPSA) is 72.5 Å². The number of hydrogen-bond donors (Lipinski definition) is 2. The Bertz CT molecular complexity index is 501. The minimum absolute atomic E-state index is 0.00351. The molecule has 2 aromatic heterocycles. The van der Waals surface area contributed by atoms with E-state index in [0.29, 0.717) is 5.82 Å². The van der Waals surface area contributed by atoms with Crippen molar-refractivity contribution in [3.05, 3.63) is 18.0 Å². The van der Waals surface area contributed by atoms with Gasteiger partial charge in [-0.3, -0.25) is 9.78 Å². The summed E-state index contributed by atoms with van der Waals surface area (Å²) in [6.45, 7) is 6.41. The van der Waals surface area contributed by atoms with E-state index in [9.17, 15) is 0 Å². The maximum absolute atomic E-state index is 5.61. The third kappa shape index (κ3) is 1.80. The molecule has 0 saturated heterocycles. The number of hydrogen-bond acceptors (Lipinski definition) is 3. The molecule has 0 unspecified atom stereocenters. The van der Waals surface area contributed by atoms with Gasteiger partial charge in [-0.2, -0.15) is 10.2 Å². The first-order valence-corrected chi connectivity index (χ1v) is 5.23. The van der Waals surface area contributed by atoms with Crippen molar-refractivity contribution in [1.29, 1.82) is 0 Å². The monoisotopic (exact) mass is 219 g/mol. The Kier molecular flexibility index (Phi) is 2.26. The lowest BCUT2D eigenvalue weighted by atomic mass is 9.89. The molecule has 3 N–H and O–H groups in total. The first-order valence-electron chi connectivity index (χ1n) is 5.23. The second-order valence-electron chi connectivity index (χ2n) is 5.02. The molecule has 2 aromatic rings. The van der Waals surface area contributed by atoms with Crippen molar-refractivity contribution >= 4 is 5.82 Å². The molecular weight excluding hydrogens is 202 g/mol. The molecule has 0 radical (unpaired) electrons. The van der Waals surface area contributed by atoms with E-state index in [0.717, 1.165) is 17.0 Å². The predicted molar refractivity (Wildman–Crippen MR) is 63.9 cm³/mol. The fraction of sp³-hybridized carbons (Fsp3) is 0.455. The van der Waals surface area contributed by atoms with Crippen LogP contribution >= 0.6 is 0 Å². The molecule has 2 heterocycles. The van der Waals surface area contributed by atoms with Crippen LogP contribution in [0.15, 0.2) is 12.3 Å². The summed E-state index contributed by atoms with van der Waals surface area (Å²) >= 11 is 0. The standard InChI is InChI=1S/C11H17N5/c1-11(2,3)10-7(6-16(4)15-10)8-5-9(12)14-13-8/h5-6H,1-4H3,(H3,12,13,14). The van der Waals surface area contributed by atoms with E-state index >= 15 is 0 Å². The molecule has 0 fully saturated rings. The number of aryl methyl sites for hydroxylation is 1. The summed E-state index contributed by atoms with van der Waals surface area (Å²) in [6, 6.07) is 1.83. The average molecular weight is 219 g/mol. The molecule has 0 saturated carbocycles. The van der Waals surface area contributed by atoms with Crippen LogP contribution < -0.4 is 5.73 Å². The highest BCUT2D eigenvalue weighted by atomic mass is 15.3. The highest BCUT2D eigenvalue weighted by Gasteiger charge is 2.23. The van der Waals surface area contributed by atoms with Crippen molar-refractivity contribution in [3.8, 4) is 11.3 Å². The van der Waals surface area contributed by atoms with Crippen LogP contribution in [0.3, 0.4) is 0 Å². The second-order valence-corrected chi connectivity index (χ2v) is 5.02. The first kappa shape index (κ1) is 10.7. The van der Waals surface area contributed by atoms with Gasteiger partial charge in [-0.15, -0.1) is 0 Å². The Labute approximate surface area is 94.7 Å². The smallest absolute Gasteiger partial charge is 0.145 e. The fourth-order valence-electron chi connectivity index (χ4n) is 1.71. The number of aromatic amines is 1. The third-order valence-electron chi connectivity index (χ3n) is 2.43. The molecule has 5 nitrogen and oxygen atoms in total. The summed E-state index contributed by atoms with van der Waals surface area (Å²) in [7, 11) is 1.92. The van der Waals surface area contributed by atoms with Gasteiger partial charge in [0.2, 0.25) is 0 Å². The highest BCUT2D eigenvalue weighted by Crippen LogP contribution is 2.31. The molecule has 2 rings (SSSR count). The third-order valence-corrected chi connectivity index (χ3v) is 2.43. The Morgan fingerprint density at radius 2 is 2.06 bits per heavy atom. The minimum atomic E-state index is -0.00351. The van der Waals surface area contributed by atoms with Crippen molar-refractivity contribution in [2.75, 3.05) is 5.73 Å². The lowest BCUT2D eigenvalue weighted by Gasteiger charge is -2.16. The number of nitrogens with zero attached hydrogens (tertiary/aromatic N) is 3. The van der Waals surface area contributed by atoms with Crippen molar-refractivity contribution in [2.24, 2.45) is 7.05 Å². The lowest BCUT2D eigenvalue weighted by Crippen LogP contribution is -2.13. The molecular formula is C11H17N5. The van der Waals surface area contributed by atoms with Gasteiger partial charge in [-0.25, -0.2) is 0 Å². The van der Waals surface area contributed by atoms with Gasteiger partial charge in [0.25, 0.3) is 0 Å². The molecule has 0 aliphatic rings. The van der Waals surface area contributed by atoms with E-state index in [1.54, 1.807) is 0 Å². The lowest BCUT2D eigenvalue weighted by molar-refractivity contribution is 0.554. The minimum Gasteiger partial charge on any atom is -0.382 e. The first-order chi connectivity index (χ1) is 7.38. The molecule has 0 aliphatic heterocycles. The van der Waals surface area contributed by atoms with Crippen molar-refractivity contribution in [2.45, 2.75) is 26.2 Å². The number of nitrogen functional groups attached to an aromatic ring is 1. The van der Waals surface area contributed by atoms with Crippen LogP contribution in [-0.4, -0.2) is 20.0 Å². The van der Waals surface area contributed by atoms with E-state index in [1.165, 1.54) is 0 Å². The molecule has 16 heavy (non-hydrogen) atoms. The maximum Gasteiger partial charge on any atom is 0.145 e. The number of aromatic nitrogens is 4. The summed E-state index contributed by atoms with van der Waals surface area (Å²) in [5.41, 5.74) is 8.62. The van der Waals surface area contributed by atoms with Gasteiger partial charge in [-0.05, 0) is 0 Å². The largest absolute Gasteiger partial charge is 0.382 e. The molecule has 0 aliphatic carbocycles. The van der Waals surface area contributed by atoms with E-state index in [1.807, 2.05) is 24.0 Å². The molecule has 0 atom stereocenters. The van der Waals surface area contributed by atoms with Gasteiger partial charge < -0.3 is 5.73 Å². The summed E-state index contributed by atoms with van der Waals surface area (Å²) in [5.74, 6) is 0.499. The van der Waals surface area contributed by atoms with E-state index in [4.69, 9.17) is 5.73 Å². The van der Waals surface area contributed by atoms with Crippen LogP contribution in [0.2, 0.25) is 0 Å². The van der Waals surface area contributed by atoms with Gasteiger partial charge in [0.1, 0.15) is 5.82 Å². The number of nitrogens with two attached hydrogens (primary N) is 1. The molecule has 0 bridgehead atoms. The van der Waals surface area contributed by atoms with Gasteiger partial charge in [-0.1, -0.05) is 20.8 Å². The summed E-state index contributed by atoms with van der Waals surface area (Å²) in [5, 5.41) is 11.4. The van der Waals surface area contributed by atoms with E-state index < -0.39 is 0 Å². The van der Waals surface area contributed by atoms with Crippen molar-refractivity contribution < 1.29 is 0 Å². The van der Waals surface area contributed by atoms with Gasteiger partial charge in [0, 0.05) is 30.3 Å². The van der Waals surface area contributed by atoms with Crippen LogP contribution in [-0.2, 0) is 12.5 Å². The number of rotatable bonds is 1. The fourth-order valence-corrected chi connectivity index (χ4v) is 1.71. The zero-order chi connectivity index (χ0) is 11.9. The maximum atomic E-state index is 5.61. The number of H-pyrrole nitrogens is 1. The van der Waals surface area contributed by atoms with Gasteiger partial charge in [0.15, 0.2) is 0 Å². The summed E-state index contributed by atoms with van der Waals surface area (Å²) in [4.78, 5) is 0.